The molecule has 5 rings (SSSR count). The number of likely N-dealkylation sites (tertiary alicyclic amines) is 1. The topological polar surface area (TPSA) is 97.5 Å². The van der Waals surface area contributed by atoms with Gasteiger partial charge in [-0.05, 0) is 71.0 Å². The summed E-state index contributed by atoms with van der Waals surface area (Å²) in [6, 6.07) is 7.56. The van der Waals surface area contributed by atoms with E-state index in [1.165, 1.54) is 6.42 Å². The average Bonchev–Trinajstić information content (AvgIpc) is 3.55. The van der Waals surface area contributed by atoms with Gasteiger partial charge in [0.25, 0.3) is 11.6 Å². The number of carbonyl (C=O) groups is 1. The van der Waals surface area contributed by atoms with E-state index in [9.17, 15) is 4.79 Å². The lowest BCUT2D eigenvalue weighted by Gasteiger charge is -2.33. The molecule has 4 aromatic rings. The molecule has 172 valence electrons. The Hall–Kier alpha value is -3.39. The first-order valence-corrected chi connectivity index (χ1v) is 11.4. The van der Waals surface area contributed by atoms with Crippen LogP contribution < -0.4 is 5.32 Å². The number of piperidine rings is 1. The molecular formula is C25H28N4O4. The monoisotopic (exact) mass is 448 g/mol. The van der Waals surface area contributed by atoms with Crippen LogP contribution in [0.25, 0.3) is 22.4 Å². The van der Waals surface area contributed by atoms with Gasteiger partial charge in [0.2, 0.25) is 0 Å². The zero-order valence-electron chi connectivity index (χ0n) is 19.2. The Kier molecular flexibility index (Phi) is 5.76. The molecule has 0 aromatic carbocycles. The molecule has 8 heteroatoms. The lowest BCUT2D eigenvalue weighted by atomic mass is 10.0. The van der Waals surface area contributed by atoms with E-state index in [2.05, 4.69) is 20.4 Å². The van der Waals surface area contributed by atoms with Gasteiger partial charge >= 0.3 is 0 Å². The number of furan rings is 2. The number of pyridine rings is 1. The van der Waals surface area contributed by atoms with Crippen LogP contribution >= 0.6 is 0 Å². The van der Waals surface area contributed by atoms with Crippen molar-refractivity contribution in [1.29, 1.82) is 0 Å². The van der Waals surface area contributed by atoms with E-state index in [-0.39, 0.29) is 11.9 Å². The predicted molar refractivity (Wildman–Crippen MR) is 123 cm³/mol. The number of aromatic nitrogens is 2. The number of rotatable bonds is 6. The molecule has 1 unspecified atom stereocenters. The maximum Gasteiger partial charge on any atom is 0.259 e. The van der Waals surface area contributed by atoms with Gasteiger partial charge < -0.3 is 18.7 Å². The molecule has 4 aromatic heterocycles. The van der Waals surface area contributed by atoms with E-state index < -0.39 is 0 Å². The van der Waals surface area contributed by atoms with Gasteiger partial charge in [-0.15, -0.1) is 0 Å². The summed E-state index contributed by atoms with van der Waals surface area (Å²) >= 11 is 0. The van der Waals surface area contributed by atoms with E-state index in [1.807, 2.05) is 39.0 Å². The van der Waals surface area contributed by atoms with E-state index in [0.29, 0.717) is 34.6 Å². The summed E-state index contributed by atoms with van der Waals surface area (Å²) in [4.78, 5) is 20.4. The van der Waals surface area contributed by atoms with Crippen molar-refractivity contribution in [3.63, 3.8) is 0 Å². The van der Waals surface area contributed by atoms with Crippen molar-refractivity contribution in [3.8, 4) is 11.3 Å². The summed E-state index contributed by atoms with van der Waals surface area (Å²) in [5.74, 6) is 2.20. The van der Waals surface area contributed by atoms with Crippen LogP contribution in [0.3, 0.4) is 0 Å². The standard InChI is InChI=1S/C25H28N4O4/c1-15-12-18(17(3)32-15)20-13-19(23-16(2)28-33-25(23)27-20)24(30)26-14-21(22-8-7-11-31-22)29-9-5-4-6-10-29/h7-8,11-13,21H,4-6,9-10,14H2,1-3H3,(H,26,30). The third kappa shape index (κ3) is 4.18. The van der Waals surface area contributed by atoms with Crippen LogP contribution in [0.2, 0.25) is 0 Å². The molecular weight excluding hydrogens is 420 g/mol. The molecule has 1 fully saturated rings. The largest absolute Gasteiger partial charge is 0.468 e. The smallest absolute Gasteiger partial charge is 0.259 e. The fraction of sp³-hybridized carbons (Fsp3) is 0.400. The highest BCUT2D eigenvalue weighted by atomic mass is 16.5. The van der Waals surface area contributed by atoms with Crippen LogP contribution in [0.15, 0.2) is 43.9 Å². The molecule has 5 heterocycles. The van der Waals surface area contributed by atoms with Gasteiger partial charge in [0.05, 0.1) is 34.6 Å². The Bertz CT molecular complexity index is 1270. The lowest BCUT2D eigenvalue weighted by Crippen LogP contribution is -2.40. The summed E-state index contributed by atoms with van der Waals surface area (Å²) in [6.07, 6.45) is 5.24. The minimum Gasteiger partial charge on any atom is -0.468 e. The summed E-state index contributed by atoms with van der Waals surface area (Å²) in [5.41, 5.74) is 2.92. The number of hydrogen-bond acceptors (Lipinski definition) is 7. The first kappa shape index (κ1) is 21.5. The molecule has 1 aliphatic heterocycles. The molecule has 0 saturated carbocycles. The minimum absolute atomic E-state index is 0.0108. The van der Waals surface area contributed by atoms with E-state index >= 15 is 0 Å². The third-order valence-corrected chi connectivity index (χ3v) is 6.34. The number of aryl methyl sites for hydroxylation is 3. The van der Waals surface area contributed by atoms with Crippen molar-refractivity contribution < 1.29 is 18.2 Å². The summed E-state index contributed by atoms with van der Waals surface area (Å²) < 4.78 is 16.8. The Balaban J connectivity index is 1.46. The van der Waals surface area contributed by atoms with Crippen LogP contribution in [-0.4, -0.2) is 40.6 Å². The molecule has 0 radical (unpaired) electrons. The molecule has 1 N–H and O–H groups in total. The van der Waals surface area contributed by atoms with Crippen LogP contribution in [0.5, 0.6) is 0 Å². The molecule has 0 aliphatic carbocycles. The molecule has 1 saturated heterocycles. The van der Waals surface area contributed by atoms with E-state index in [4.69, 9.17) is 13.4 Å². The quantitative estimate of drug-likeness (QED) is 0.445. The van der Waals surface area contributed by atoms with Crippen LogP contribution in [0.4, 0.5) is 0 Å². The van der Waals surface area contributed by atoms with Crippen LogP contribution in [-0.2, 0) is 0 Å². The highest BCUT2D eigenvalue weighted by Gasteiger charge is 2.26. The summed E-state index contributed by atoms with van der Waals surface area (Å²) in [5, 5.41) is 7.80. The number of amides is 1. The number of carbonyl (C=O) groups excluding carboxylic acids is 1. The second-order valence-electron chi connectivity index (χ2n) is 8.67. The van der Waals surface area contributed by atoms with Crippen molar-refractivity contribution in [1.82, 2.24) is 20.4 Å². The fourth-order valence-electron chi connectivity index (χ4n) is 4.70. The fourth-order valence-corrected chi connectivity index (χ4v) is 4.70. The molecule has 0 spiro atoms. The van der Waals surface area contributed by atoms with Crippen molar-refractivity contribution in [2.75, 3.05) is 19.6 Å². The minimum atomic E-state index is -0.193. The first-order valence-electron chi connectivity index (χ1n) is 11.4. The van der Waals surface area contributed by atoms with Gasteiger partial charge in [-0.1, -0.05) is 11.6 Å². The predicted octanol–water partition coefficient (Wildman–Crippen LogP) is 4.96. The Morgan fingerprint density at radius 2 is 2.00 bits per heavy atom. The van der Waals surface area contributed by atoms with Crippen LogP contribution in [0, 0.1) is 20.8 Å². The number of nitrogens with zero attached hydrogens (tertiary/aromatic N) is 3. The molecule has 0 bridgehead atoms. The molecule has 1 aliphatic rings. The van der Waals surface area contributed by atoms with Gasteiger partial charge in [0, 0.05) is 12.1 Å². The lowest BCUT2D eigenvalue weighted by molar-refractivity contribution is 0.0915. The molecule has 1 amide bonds. The van der Waals surface area contributed by atoms with Gasteiger partial charge in [0.1, 0.15) is 17.3 Å². The normalized spacial score (nSPS) is 15.7. The van der Waals surface area contributed by atoms with Gasteiger partial charge in [0.15, 0.2) is 0 Å². The molecule has 8 nitrogen and oxygen atoms in total. The maximum atomic E-state index is 13.5. The average molecular weight is 449 g/mol. The van der Waals surface area contributed by atoms with Gasteiger partial charge in [-0.3, -0.25) is 9.69 Å². The Morgan fingerprint density at radius 3 is 2.70 bits per heavy atom. The van der Waals surface area contributed by atoms with Crippen molar-refractivity contribution in [2.45, 2.75) is 46.1 Å². The number of fused-ring (bicyclic) bond motifs is 1. The van der Waals surface area contributed by atoms with Crippen molar-refractivity contribution in [3.05, 3.63) is 59.1 Å². The highest BCUT2D eigenvalue weighted by Crippen LogP contribution is 2.31. The third-order valence-electron chi connectivity index (χ3n) is 6.34. The van der Waals surface area contributed by atoms with Crippen molar-refractivity contribution >= 4 is 17.0 Å². The van der Waals surface area contributed by atoms with E-state index in [0.717, 1.165) is 48.8 Å². The van der Waals surface area contributed by atoms with Crippen molar-refractivity contribution in [2.24, 2.45) is 0 Å². The number of nitrogens with one attached hydrogen (secondary N) is 1. The molecule has 33 heavy (non-hydrogen) atoms. The van der Waals surface area contributed by atoms with E-state index in [1.54, 1.807) is 12.3 Å². The Morgan fingerprint density at radius 1 is 1.18 bits per heavy atom. The second kappa shape index (κ2) is 8.86. The second-order valence-corrected chi connectivity index (χ2v) is 8.67. The zero-order valence-corrected chi connectivity index (χ0v) is 19.2. The summed E-state index contributed by atoms with van der Waals surface area (Å²) in [6.45, 7) is 8.02. The Labute approximate surface area is 191 Å². The first-order chi connectivity index (χ1) is 16.0. The SMILES string of the molecule is Cc1cc(-c2cc(C(=O)NCC(c3ccco3)N3CCCCC3)c3c(C)noc3n2)c(C)o1. The highest BCUT2D eigenvalue weighted by molar-refractivity contribution is 6.07. The molecule has 1 atom stereocenters. The summed E-state index contributed by atoms with van der Waals surface area (Å²) in [7, 11) is 0. The number of hydrogen-bond donors (Lipinski definition) is 1. The van der Waals surface area contributed by atoms with Gasteiger partial charge in [-0.2, -0.15) is 0 Å². The van der Waals surface area contributed by atoms with Gasteiger partial charge in [-0.25, -0.2) is 4.98 Å². The zero-order chi connectivity index (χ0) is 22.9. The maximum absolute atomic E-state index is 13.5. The van der Waals surface area contributed by atoms with Crippen LogP contribution in [0.1, 0.15) is 58.6 Å².